The molecule has 0 amide bonds. The van der Waals surface area contributed by atoms with Crippen LogP contribution in [-0.4, -0.2) is 10.4 Å². The number of rotatable bonds is 4. The van der Waals surface area contributed by atoms with Crippen molar-refractivity contribution in [1.29, 1.82) is 0 Å². The number of Topliss-reactive ketones (excluding diaryl/α,β-unsaturated/α-hetero) is 1. The van der Waals surface area contributed by atoms with Gasteiger partial charge < -0.3 is 11.5 Å². The van der Waals surface area contributed by atoms with Crippen molar-refractivity contribution in [2.75, 3.05) is 0 Å². The number of nitrogens with zero attached hydrogens (tertiary/aromatic N) is 1. The van der Waals surface area contributed by atoms with Crippen molar-refractivity contribution in [3.8, 4) is 0 Å². The zero-order valence-corrected chi connectivity index (χ0v) is 19.2. The van der Waals surface area contributed by atoms with Crippen LogP contribution in [0.3, 0.4) is 0 Å². The minimum atomic E-state index is -0.141. The molecule has 1 heterocycles. The molecule has 2 saturated carbocycles. The van der Waals surface area contributed by atoms with Crippen LogP contribution in [-0.2, 0) is 32.7 Å². The van der Waals surface area contributed by atoms with E-state index in [0.717, 1.165) is 23.7 Å². The maximum absolute atomic E-state index is 13.0. The molecule has 2 aliphatic rings. The van der Waals surface area contributed by atoms with Crippen LogP contribution < -0.4 is 5.56 Å². The van der Waals surface area contributed by atoms with Crippen molar-refractivity contribution in [1.82, 2.24) is 4.57 Å². The van der Waals surface area contributed by atoms with Gasteiger partial charge in [0.1, 0.15) is 0 Å². The molecule has 2 unspecified atom stereocenters. The first-order valence-corrected chi connectivity index (χ1v) is 9.96. The molecular formula is C23H28NO2Y-. The molecular weight excluding hydrogens is 411 g/mol. The molecule has 4 rings (SSSR count). The quantitative estimate of drug-likeness (QED) is 0.495. The van der Waals surface area contributed by atoms with Crippen LogP contribution in [0.25, 0.3) is 10.9 Å². The number of pyridine rings is 1. The van der Waals surface area contributed by atoms with Gasteiger partial charge in [0.2, 0.25) is 0 Å². The Kier molecular flexibility index (Phi) is 6.42. The number of fused-ring (bicyclic) bond motifs is 3. The van der Waals surface area contributed by atoms with Gasteiger partial charge in [0.25, 0.3) is 5.56 Å². The standard InChI is InChI=1S/C23H28NO2.Y/c1-14(2)24-21-7-5-4-6-19(21)13-20(23(24)26)22(25)12-16-10-17-8-9-18(11-16)15(17)3;/h4-7,13-18H,3,8-12H2,1-2H3;/q-1;. The number of hydrogen-bond acceptors (Lipinski definition) is 2. The van der Waals surface area contributed by atoms with Crippen molar-refractivity contribution < 1.29 is 37.5 Å². The molecule has 0 aliphatic heterocycles. The molecule has 2 fully saturated rings. The maximum atomic E-state index is 13.0. The molecule has 141 valence electrons. The molecule has 4 heteroatoms. The number of ketones is 1. The number of aromatic nitrogens is 1. The van der Waals surface area contributed by atoms with Crippen molar-refractivity contribution in [3.63, 3.8) is 0 Å². The summed E-state index contributed by atoms with van der Waals surface area (Å²) in [5.41, 5.74) is 1.12. The number of carbonyl (C=O) groups excluding carboxylic acids is 1. The summed E-state index contributed by atoms with van der Waals surface area (Å²) in [6.45, 7) is 8.33. The minimum absolute atomic E-state index is 0. The first kappa shape index (κ1) is 20.9. The van der Waals surface area contributed by atoms with E-state index in [4.69, 9.17) is 0 Å². The Morgan fingerprint density at radius 2 is 1.81 bits per heavy atom. The van der Waals surface area contributed by atoms with E-state index in [-0.39, 0.29) is 50.1 Å². The summed E-state index contributed by atoms with van der Waals surface area (Å²) in [6, 6.07) is 9.67. The predicted molar refractivity (Wildman–Crippen MR) is 105 cm³/mol. The topological polar surface area (TPSA) is 39.1 Å². The van der Waals surface area contributed by atoms with Gasteiger partial charge in [0.15, 0.2) is 5.78 Å². The van der Waals surface area contributed by atoms with E-state index in [2.05, 4.69) is 6.92 Å². The van der Waals surface area contributed by atoms with E-state index in [1.165, 1.54) is 12.8 Å². The molecule has 2 atom stereocenters. The Morgan fingerprint density at radius 3 is 2.44 bits per heavy atom. The number of para-hydroxylation sites is 1. The third-order valence-electron chi connectivity index (χ3n) is 6.63. The second-order valence-electron chi connectivity index (χ2n) is 8.61. The summed E-state index contributed by atoms with van der Waals surface area (Å²) in [7, 11) is 0. The molecule has 3 nitrogen and oxygen atoms in total. The summed E-state index contributed by atoms with van der Waals surface area (Å²) >= 11 is 0. The van der Waals surface area contributed by atoms with Crippen LogP contribution in [0.15, 0.2) is 35.1 Å². The largest absolute Gasteiger partial charge is 0.340 e. The smallest absolute Gasteiger partial charge is 0.262 e. The average molecular weight is 439 g/mol. The Bertz CT molecular complexity index is 887. The summed E-state index contributed by atoms with van der Waals surface area (Å²) < 4.78 is 1.76. The predicted octanol–water partition coefficient (Wildman–Crippen LogP) is 5.04. The second-order valence-corrected chi connectivity index (χ2v) is 8.61. The van der Waals surface area contributed by atoms with E-state index >= 15 is 0 Å². The fourth-order valence-corrected chi connectivity index (χ4v) is 5.32. The molecule has 2 aromatic rings. The van der Waals surface area contributed by atoms with E-state index in [1.807, 2.05) is 38.1 Å². The molecule has 1 aromatic carbocycles. The van der Waals surface area contributed by atoms with Crippen molar-refractivity contribution in [2.45, 2.75) is 52.0 Å². The van der Waals surface area contributed by atoms with Crippen LogP contribution in [0.2, 0.25) is 0 Å². The van der Waals surface area contributed by atoms with Crippen LogP contribution >= 0.6 is 0 Å². The Hall–Kier alpha value is -0.796. The molecule has 27 heavy (non-hydrogen) atoms. The third-order valence-corrected chi connectivity index (χ3v) is 6.63. The second kappa shape index (κ2) is 8.29. The number of benzene rings is 1. The SMILES string of the molecule is [CH2-]C1C2CCC1CC(CC(=O)c1cc3ccccc3n(C(C)C)c1=O)C2.[Y]. The summed E-state index contributed by atoms with van der Waals surface area (Å²) in [4.78, 5) is 26.1. The molecule has 1 aromatic heterocycles. The van der Waals surface area contributed by atoms with Gasteiger partial charge in [-0.25, -0.2) is 0 Å². The first-order chi connectivity index (χ1) is 12.5. The molecule has 0 spiro atoms. The van der Waals surface area contributed by atoms with Gasteiger partial charge in [-0.1, -0.05) is 42.9 Å². The number of carbonyl (C=O) groups is 1. The van der Waals surface area contributed by atoms with Crippen molar-refractivity contribution in [2.24, 2.45) is 23.7 Å². The van der Waals surface area contributed by atoms with Crippen LogP contribution in [0.4, 0.5) is 0 Å². The summed E-state index contributed by atoms with van der Waals surface area (Å²) in [5, 5.41) is 0.964. The zero-order valence-electron chi connectivity index (χ0n) is 16.4. The maximum Gasteiger partial charge on any atom is 0.262 e. The minimum Gasteiger partial charge on any atom is -0.340 e. The summed E-state index contributed by atoms with van der Waals surface area (Å²) in [6.07, 6.45) is 5.23. The van der Waals surface area contributed by atoms with Crippen LogP contribution in [0.5, 0.6) is 0 Å². The van der Waals surface area contributed by atoms with Crippen LogP contribution in [0.1, 0.15) is 62.4 Å². The average Bonchev–Trinajstić information content (AvgIpc) is 2.82. The van der Waals surface area contributed by atoms with Gasteiger partial charge in [0, 0.05) is 45.2 Å². The zero-order chi connectivity index (χ0) is 18.4. The normalized spacial score (nSPS) is 27.0. The fourth-order valence-electron chi connectivity index (χ4n) is 5.32. The molecule has 2 aliphatic carbocycles. The van der Waals surface area contributed by atoms with E-state index in [1.54, 1.807) is 10.6 Å². The first-order valence-electron chi connectivity index (χ1n) is 9.96. The van der Waals surface area contributed by atoms with E-state index in [0.29, 0.717) is 35.7 Å². The fraction of sp³-hybridized carbons (Fsp3) is 0.522. The monoisotopic (exact) mass is 439 g/mol. The van der Waals surface area contributed by atoms with Gasteiger partial charge in [-0.3, -0.25) is 9.59 Å². The van der Waals surface area contributed by atoms with Gasteiger partial charge in [-0.2, -0.15) is 5.92 Å². The van der Waals surface area contributed by atoms with E-state index < -0.39 is 0 Å². The van der Waals surface area contributed by atoms with Gasteiger partial charge >= 0.3 is 0 Å². The molecule has 0 saturated heterocycles. The van der Waals surface area contributed by atoms with Gasteiger partial charge in [-0.05, 0) is 50.1 Å². The van der Waals surface area contributed by atoms with Crippen molar-refractivity contribution >= 4 is 16.7 Å². The molecule has 1 radical (unpaired) electrons. The van der Waals surface area contributed by atoms with Gasteiger partial charge in [-0.15, -0.1) is 0 Å². The third kappa shape index (κ3) is 3.87. The summed E-state index contributed by atoms with van der Waals surface area (Å²) in [5.74, 6) is 2.35. The van der Waals surface area contributed by atoms with Gasteiger partial charge in [0.05, 0.1) is 11.1 Å². The Balaban J connectivity index is 0.00000210. The molecule has 0 N–H and O–H groups in total. The Labute approximate surface area is 186 Å². The molecule has 2 bridgehead atoms. The van der Waals surface area contributed by atoms with Crippen molar-refractivity contribution in [3.05, 3.63) is 53.2 Å². The van der Waals surface area contributed by atoms with E-state index in [9.17, 15) is 9.59 Å². The Morgan fingerprint density at radius 1 is 1.19 bits per heavy atom. The number of hydrogen-bond donors (Lipinski definition) is 0. The van der Waals surface area contributed by atoms with Crippen LogP contribution in [0, 0.1) is 30.6 Å².